The summed E-state index contributed by atoms with van der Waals surface area (Å²) < 4.78 is 0. The zero-order chi connectivity index (χ0) is 17.5. The summed E-state index contributed by atoms with van der Waals surface area (Å²) in [5.41, 5.74) is 5.07. The van der Waals surface area contributed by atoms with Crippen LogP contribution < -0.4 is 10.6 Å². The van der Waals surface area contributed by atoms with Crippen LogP contribution in [-0.2, 0) is 11.2 Å². The molecule has 0 unspecified atom stereocenters. The van der Waals surface area contributed by atoms with Crippen molar-refractivity contribution in [3.05, 3.63) is 60.4 Å². The van der Waals surface area contributed by atoms with Gasteiger partial charge in [-0.05, 0) is 24.3 Å². The van der Waals surface area contributed by atoms with Crippen molar-refractivity contribution in [1.29, 1.82) is 0 Å². The third-order valence-corrected chi connectivity index (χ3v) is 4.37. The van der Waals surface area contributed by atoms with E-state index in [1.54, 1.807) is 12.4 Å². The predicted molar refractivity (Wildman–Crippen MR) is 99.2 cm³/mol. The Balaban J connectivity index is 1.57. The number of hydrogen-bond acceptors (Lipinski definition) is 5. The number of carbonyl (C=O) groups excluding carboxylic acids is 1. The van der Waals surface area contributed by atoms with Crippen molar-refractivity contribution in [3.63, 3.8) is 0 Å². The van der Waals surface area contributed by atoms with E-state index in [1.165, 1.54) is 0 Å². The number of carbonyl (C=O) groups is 1. The molecule has 2 aromatic carbocycles. The Morgan fingerprint density at radius 1 is 1.08 bits per heavy atom. The molecule has 0 saturated heterocycles. The van der Waals surface area contributed by atoms with Crippen molar-refractivity contribution in [2.45, 2.75) is 6.42 Å². The standard InChI is InChI=1S/C19H14N6O/c26-17-8-12-9-20-19(22-13-5-6-15-11(7-13)10-21-25-15)24-18(12)14-3-1-2-4-16(14)23-17/h1-7,9-10H,8H2,(H,21,25)(H,23,26)(H,20,22,24). The van der Waals surface area contributed by atoms with E-state index in [-0.39, 0.29) is 12.3 Å². The monoisotopic (exact) mass is 342 g/mol. The molecular weight excluding hydrogens is 328 g/mol. The molecule has 126 valence electrons. The molecule has 1 amide bonds. The maximum Gasteiger partial charge on any atom is 0.228 e. The molecule has 0 atom stereocenters. The average molecular weight is 342 g/mol. The maximum absolute atomic E-state index is 12.1. The second kappa shape index (κ2) is 5.66. The number of benzene rings is 2. The van der Waals surface area contributed by atoms with Gasteiger partial charge in [-0.1, -0.05) is 18.2 Å². The number of para-hydroxylation sites is 1. The van der Waals surface area contributed by atoms with E-state index >= 15 is 0 Å². The van der Waals surface area contributed by atoms with Crippen molar-refractivity contribution < 1.29 is 4.79 Å². The molecule has 0 fully saturated rings. The molecule has 0 saturated carbocycles. The Hall–Kier alpha value is -3.74. The van der Waals surface area contributed by atoms with Gasteiger partial charge in [0.05, 0.1) is 29.5 Å². The Labute approximate surface area is 148 Å². The van der Waals surface area contributed by atoms with Gasteiger partial charge in [-0.2, -0.15) is 5.10 Å². The van der Waals surface area contributed by atoms with Gasteiger partial charge in [0.25, 0.3) is 0 Å². The molecule has 0 aliphatic carbocycles. The lowest BCUT2D eigenvalue weighted by atomic mass is 10.1. The van der Waals surface area contributed by atoms with Gasteiger partial charge in [0.1, 0.15) is 0 Å². The zero-order valence-corrected chi connectivity index (χ0v) is 13.7. The van der Waals surface area contributed by atoms with Crippen LogP contribution in [-0.4, -0.2) is 26.1 Å². The number of anilines is 3. The van der Waals surface area contributed by atoms with Gasteiger partial charge < -0.3 is 10.6 Å². The Bertz CT molecular complexity index is 1150. The van der Waals surface area contributed by atoms with Crippen molar-refractivity contribution in [3.8, 4) is 11.3 Å². The molecular formula is C19H14N6O. The topological polar surface area (TPSA) is 95.6 Å². The molecule has 2 aromatic heterocycles. The van der Waals surface area contributed by atoms with Crippen molar-refractivity contribution >= 4 is 34.1 Å². The number of hydrogen-bond donors (Lipinski definition) is 3. The van der Waals surface area contributed by atoms with Crippen LogP contribution in [0.25, 0.3) is 22.2 Å². The maximum atomic E-state index is 12.1. The first-order valence-corrected chi connectivity index (χ1v) is 8.21. The first kappa shape index (κ1) is 14.6. The first-order valence-electron chi connectivity index (χ1n) is 8.21. The second-order valence-corrected chi connectivity index (χ2v) is 6.14. The van der Waals surface area contributed by atoms with Gasteiger partial charge in [-0.25, -0.2) is 9.97 Å². The highest BCUT2D eigenvalue weighted by molar-refractivity contribution is 6.00. The number of rotatable bonds is 2. The largest absolute Gasteiger partial charge is 0.325 e. The zero-order valence-electron chi connectivity index (χ0n) is 13.7. The summed E-state index contributed by atoms with van der Waals surface area (Å²) in [4.78, 5) is 21.1. The third kappa shape index (κ3) is 2.46. The number of amides is 1. The summed E-state index contributed by atoms with van der Waals surface area (Å²) in [5.74, 6) is 0.418. The highest BCUT2D eigenvalue weighted by atomic mass is 16.1. The van der Waals surface area contributed by atoms with Gasteiger partial charge in [-0.3, -0.25) is 9.89 Å². The summed E-state index contributed by atoms with van der Waals surface area (Å²) in [6.07, 6.45) is 3.74. The minimum absolute atomic E-state index is 0.0640. The molecule has 0 bridgehead atoms. The average Bonchev–Trinajstić information content (AvgIpc) is 3.06. The SMILES string of the molecule is O=C1Cc2cnc(Nc3ccc4[nH]ncc4c3)nc2-c2ccccc2N1. The van der Waals surface area contributed by atoms with Crippen molar-refractivity contribution in [1.82, 2.24) is 20.2 Å². The minimum atomic E-state index is -0.0640. The summed E-state index contributed by atoms with van der Waals surface area (Å²) in [6, 6.07) is 13.5. The van der Waals surface area contributed by atoms with Gasteiger partial charge in [-0.15, -0.1) is 0 Å². The first-order chi connectivity index (χ1) is 12.8. The number of fused-ring (bicyclic) bond motifs is 4. The molecule has 7 heteroatoms. The van der Waals surface area contributed by atoms with Gasteiger partial charge >= 0.3 is 0 Å². The van der Waals surface area contributed by atoms with Crippen LogP contribution in [0.5, 0.6) is 0 Å². The normalized spacial score (nSPS) is 12.8. The lowest BCUT2D eigenvalue weighted by Gasteiger charge is -2.10. The highest BCUT2D eigenvalue weighted by Crippen LogP contribution is 2.32. The van der Waals surface area contributed by atoms with Crippen LogP contribution in [0, 0.1) is 0 Å². The molecule has 4 aromatic rings. The molecule has 7 nitrogen and oxygen atoms in total. The van der Waals surface area contributed by atoms with E-state index in [4.69, 9.17) is 0 Å². The van der Waals surface area contributed by atoms with Crippen LogP contribution in [0.15, 0.2) is 54.9 Å². The van der Waals surface area contributed by atoms with E-state index in [1.807, 2.05) is 42.5 Å². The van der Waals surface area contributed by atoms with Crippen molar-refractivity contribution in [2.24, 2.45) is 0 Å². The van der Waals surface area contributed by atoms with Crippen molar-refractivity contribution in [2.75, 3.05) is 10.6 Å². The number of nitrogens with one attached hydrogen (secondary N) is 3. The predicted octanol–water partition coefficient (Wildman–Crippen LogP) is 3.26. The fourth-order valence-corrected chi connectivity index (χ4v) is 3.15. The summed E-state index contributed by atoms with van der Waals surface area (Å²) in [5, 5.41) is 14.1. The van der Waals surface area contributed by atoms with Crippen LogP contribution in [0.3, 0.4) is 0 Å². The number of aromatic nitrogens is 4. The molecule has 3 N–H and O–H groups in total. The Morgan fingerprint density at radius 3 is 2.96 bits per heavy atom. The molecule has 1 aliphatic heterocycles. The number of H-pyrrole nitrogens is 1. The van der Waals surface area contributed by atoms with Crippen LogP contribution >= 0.6 is 0 Å². The Morgan fingerprint density at radius 2 is 2.00 bits per heavy atom. The van der Waals surface area contributed by atoms with Crippen LogP contribution in [0.1, 0.15) is 5.56 Å². The van der Waals surface area contributed by atoms with Gasteiger partial charge in [0.2, 0.25) is 11.9 Å². The Kier molecular flexibility index (Phi) is 3.18. The van der Waals surface area contributed by atoms with Crippen LogP contribution in [0.2, 0.25) is 0 Å². The number of nitrogens with zero attached hydrogens (tertiary/aromatic N) is 3. The molecule has 0 spiro atoms. The van der Waals surface area contributed by atoms with Gasteiger partial charge in [0.15, 0.2) is 0 Å². The lowest BCUT2D eigenvalue weighted by molar-refractivity contribution is -0.115. The number of aromatic amines is 1. The van der Waals surface area contributed by atoms with E-state index in [2.05, 4.69) is 30.8 Å². The summed E-state index contributed by atoms with van der Waals surface area (Å²) >= 11 is 0. The smallest absolute Gasteiger partial charge is 0.228 e. The molecule has 5 rings (SSSR count). The summed E-state index contributed by atoms with van der Waals surface area (Å²) in [6.45, 7) is 0. The van der Waals surface area contributed by atoms with E-state index in [0.29, 0.717) is 5.95 Å². The second-order valence-electron chi connectivity index (χ2n) is 6.14. The highest BCUT2D eigenvalue weighted by Gasteiger charge is 2.20. The minimum Gasteiger partial charge on any atom is -0.325 e. The molecule has 0 radical (unpaired) electrons. The molecule has 3 heterocycles. The quantitative estimate of drug-likeness (QED) is 0.520. The lowest BCUT2D eigenvalue weighted by Crippen LogP contribution is -2.12. The fraction of sp³-hybridized carbons (Fsp3) is 0.0526. The van der Waals surface area contributed by atoms with Crippen LogP contribution in [0.4, 0.5) is 17.3 Å². The van der Waals surface area contributed by atoms with Gasteiger partial charge in [0, 0.05) is 28.4 Å². The molecule has 1 aliphatic rings. The van der Waals surface area contributed by atoms with E-state index in [0.717, 1.165) is 39.1 Å². The molecule has 26 heavy (non-hydrogen) atoms. The summed E-state index contributed by atoms with van der Waals surface area (Å²) in [7, 11) is 0. The van der Waals surface area contributed by atoms with E-state index < -0.39 is 0 Å². The fourth-order valence-electron chi connectivity index (χ4n) is 3.15. The third-order valence-electron chi connectivity index (χ3n) is 4.37. The van der Waals surface area contributed by atoms with E-state index in [9.17, 15) is 4.79 Å².